The topological polar surface area (TPSA) is 27.7 Å². The molecule has 0 amide bonds. The molecule has 2 saturated heterocycles. The van der Waals surface area contributed by atoms with Gasteiger partial charge in [-0.25, -0.2) is 4.39 Å². The van der Waals surface area contributed by atoms with E-state index >= 15 is 0 Å². The molecular formula is C11H19FO3. The minimum atomic E-state index is -0.716. The van der Waals surface area contributed by atoms with Gasteiger partial charge in [0.2, 0.25) is 0 Å². The Balaban J connectivity index is 2.17. The van der Waals surface area contributed by atoms with E-state index in [4.69, 9.17) is 14.2 Å². The average Bonchev–Trinajstić information content (AvgIpc) is 2.59. The van der Waals surface area contributed by atoms with Gasteiger partial charge in [-0.05, 0) is 20.3 Å². The Morgan fingerprint density at radius 3 is 2.33 bits per heavy atom. The molecule has 0 saturated carbocycles. The van der Waals surface area contributed by atoms with Crippen molar-refractivity contribution in [2.75, 3.05) is 6.67 Å². The largest absolute Gasteiger partial charge is 0.341 e. The lowest BCUT2D eigenvalue weighted by atomic mass is 9.86. The summed E-state index contributed by atoms with van der Waals surface area (Å²) >= 11 is 0. The Hall–Kier alpha value is -0.190. The summed E-state index contributed by atoms with van der Waals surface area (Å²) in [6.45, 7) is 7.13. The van der Waals surface area contributed by atoms with Crippen LogP contribution in [-0.2, 0) is 14.2 Å². The highest BCUT2D eigenvalue weighted by Crippen LogP contribution is 2.47. The fourth-order valence-corrected chi connectivity index (χ4v) is 2.48. The smallest absolute Gasteiger partial charge is 0.188 e. The van der Waals surface area contributed by atoms with Gasteiger partial charge in [0.15, 0.2) is 12.1 Å². The summed E-state index contributed by atoms with van der Waals surface area (Å²) < 4.78 is 30.1. The zero-order valence-electron chi connectivity index (χ0n) is 9.75. The summed E-state index contributed by atoms with van der Waals surface area (Å²) in [6.07, 6.45) is 0.0894. The maximum atomic E-state index is 13.1. The van der Waals surface area contributed by atoms with Crippen LogP contribution in [0.4, 0.5) is 4.39 Å². The average molecular weight is 218 g/mol. The van der Waals surface area contributed by atoms with Crippen molar-refractivity contribution in [3.05, 3.63) is 0 Å². The first kappa shape index (κ1) is 11.3. The first-order chi connectivity index (χ1) is 6.94. The van der Waals surface area contributed by atoms with Crippen LogP contribution in [0.25, 0.3) is 0 Å². The third kappa shape index (κ3) is 1.59. The van der Waals surface area contributed by atoms with Crippen molar-refractivity contribution in [3.8, 4) is 0 Å². The van der Waals surface area contributed by atoms with Gasteiger partial charge in [-0.2, -0.15) is 0 Å². The minimum Gasteiger partial charge on any atom is -0.341 e. The van der Waals surface area contributed by atoms with E-state index in [0.717, 1.165) is 0 Å². The maximum absolute atomic E-state index is 13.1. The quantitative estimate of drug-likeness (QED) is 0.711. The summed E-state index contributed by atoms with van der Waals surface area (Å²) in [6, 6.07) is 0. The van der Waals surface area contributed by atoms with Crippen LogP contribution < -0.4 is 0 Å². The van der Waals surface area contributed by atoms with E-state index in [1.807, 2.05) is 27.7 Å². The summed E-state index contributed by atoms with van der Waals surface area (Å²) in [5, 5.41) is 0. The van der Waals surface area contributed by atoms with Crippen molar-refractivity contribution in [2.24, 2.45) is 5.92 Å². The van der Waals surface area contributed by atoms with E-state index in [2.05, 4.69) is 0 Å². The second-order valence-corrected chi connectivity index (χ2v) is 4.93. The maximum Gasteiger partial charge on any atom is 0.188 e. The van der Waals surface area contributed by atoms with E-state index < -0.39 is 24.4 Å². The molecule has 4 atom stereocenters. The molecule has 0 aromatic rings. The molecule has 3 nitrogen and oxygen atoms in total. The molecule has 0 bridgehead atoms. The Kier molecular flexibility index (Phi) is 2.56. The molecule has 15 heavy (non-hydrogen) atoms. The number of fused-ring (bicyclic) bond motifs is 1. The van der Waals surface area contributed by atoms with Crippen molar-refractivity contribution in [2.45, 2.75) is 57.9 Å². The molecule has 0 aromatic carbocycles. The molecule has 0 radical (unpaired) electrons. The molecule has 2 fully saturated rings. The van der Waals surface area contributed by atoms with E-state index in [1.54, 1.807) is 0 Å². The lowest BCUT2D eigenvalue weighted by Gasteiger charge is -2.32. The van der Waals surface area contributed by atoms with Gasteiger partial charge in [0.05, 0.1) is 0 Å². The molecule has 2 aliphatic rings. The number of ether oxygens (including phenoxy) is 3. The second-order valence-electron chi connectivity index (χ2n) is 4.93. The lowest BCUT2D eigenvalue weighted by molar-refractivity contribution is -0.235. The molecule has 2 aliphatic heterocycles. The lowest BCUT2D eigenvalue weighted by Crippen LogP contribution is -2.40. The van der Waals surface area contributed by atoms with Crippen LogP contribution in [0.2, 0.25) is 0 Å². The van der Waals surface area contributed by atoms with Gasteiger partial charge < -0.3 is 14.2 Å². The monoisotopic (exact) mass is 218 g/mol. The van der Waals surface area contributed by atoms with Gasteiger partial charge in [0.1, 0.15) is 18.4 Å². The molecule has 2 heterocycles. The fourth-order valence-electron chi connectivity index (χ4n) is 2.48. The van der Waals surface area contributed by atoms with E-state index in [-0.39, 0.29) is 12.0 Å². The van der Waals surface area contributed by atoms with Gasteiger partial charge >= 0.3 is 0 Å². The third-order valence-corrected chi connectivity index (χ3v) is 3.59. The standard InChI is InChI=1S/C11H19FO3/c1-5-11(6-12)7(2)8-9(15-11)14-10(3,4)13-8/h7-9H,5-6H2,1-4H3/t7-,8+,9-,11-/m0/s1. The Bertz CT molecular complexity index is 250. The van der Waals surface area contributed by atoms with Gasteiger partial charge in [-0.1, -0.05) is 13.8 Å². The van der Waals surface area contributed by atoms with Crippen LogP contribution >= 0.6 is 0 Å². The molecule has 0 N–H and O–H groups in total. The zero-order chi connectivity index (χ0) is 11.3. The number of hydrogen-bond acceptors (Lipinski definition) is 3. The Labute approximate surface area is 89.9 Å². The predicted octanol–water partition coefficient (Wildman–Crippen LogP) is 2.25. The number of alkyl halides is 1. The molecule has 0 unspecified atom stereocenters. The predicted molar refractivity (Wildman–Crippen MR) is 53.1 cm³/mol. The summed E-state index contributed by atoms with van der Waals surface area (Å²) in [5.74, 6) is -0.584. The van der Waals surface area contributed by atoms with Crippen LogP contribution in [-0.4, -0.2) is 30.5 Å². The van der Waals surface area contributed by atoms with Crippen LogP contribution in [0.1, 0.15) is 34.1 Å². The highest BCUT2D eigenvalue weighted by molar-refractivity contribution is 4.99. The van der Waals surface area contributed by atoms with Gasteiger partial charge in [0.25, 0.3) is 0 Å². The molecule has 4 heteroatoms. The van der Waals surface area contributed by atoms with E-state index in [1.165, 1.54) is 0 Å². The molecule has 0 spiro atoms. The summed E-state index contributed by atoms with van der Waals surface area (Å²) in [4.78, 5) is 0. The Morgan fingerprint density at radius 2 is 1.87 bits per heavy atom. The Morgan fingerprint density at radius 1 is 1.20 bits per heavy atom. The van der Waals surface area contributed by atoms with Crippen molar-refractivity contribution < 1.29 is 18.6 Å². The van der Waals surface area contributed by atoms with Gasteiger partial charge in [0, 0.05) is 5.92 Å². The SMILES string of the molecule is CC[C@@]1(CF)O[C@@H]2OC(C)(C)O[C@@H]2[C@@H]1C. The molecule has 0 aliphatic carbocycles. The number of hydrogen-bond donors (Lipinski definition) is 0. The highest BCUT2D eigenvalue weighted by atomic mass is 19.1. The van der Waals surface area contributed by atoms with E-state index in [0.29, 0.717) is 6.42 Å². The number of rotatable bonds is 2. The molecule has 2 rings (SSSR count). The van der Waals surface area contributed by atoms with Crippen LogP contribution in [0.15, 0.2) is 0 Å². The highest BCUT2D eigenvalue weighted by Gasteiger charge is 2.59. The third-order valence-electron chi connectivity index (χ3n) is 3.59. The minimum absolute atomic E-state index is 0.0271. The summed E-state index contributed by atoms with van der Waals surface area (Å²) in [5.41, 5.74) is -0.716. The molecule has 0 aromatic heterocycles. The zero-order valence-corrected chi connectivity index (χ0v) is 9.75. The summed E-state index contributed by atoms with van der Waals surface area (Å²) in [7, 11) is 0. The first-order valence-corrected chi connectivity index (χ1v) is 5.53. The van der Waals surface area contributed by atoms with Gasteiger partial charge in [-0.15, -0.1) is 0 Å². The van der Waals surface area contributed by atoms with Crippen molar-refractivity contribution >= 4 is 0 Å². The van der Waals surface area contributed by atoms with Crippen molar-refractivity contribution in [1.29, 1.82) is 0 Å². The van der Waals surface area contributed by atoms with Crippen LogP contribution in [0.5, 0.6) is 0 Å². The first-order valence-electron chi connectivity index (χ1n) is 5.53. The van der Waals surface area contributed by atoms with Crippen LogP contribution in [0, 0.1) is 5.92 Å². The number of halogens is 1. The van der Waals surface area contributed by atoms with Crippen LogP contribution in [0.3, 0.4) is 0 Å². The normalized spacial score (nSPS) is 48.2. The molecular weight excluding hydrogens is 199 g/mol. The van der Waals surface area contributed by atoms with Crippen molar-refractivity contribution in [3.63, 3.8) is 0 Å². The van der Waals surface area contributed by atoms with Crippen molar-refractivity contribution in [1.82, 2.24) is 0 Å². The molecule has 88 valence electrons. The van der Waals surface area contributed by atoms with Gasteiger partial charge in [-0.3, -0.25) is 0 Å². The second kappa shape index (κ2) is 3.40. The fraction of sp³-hybridized carbons (Fsp3) is 1.00. The van der Waals surface area contributed by atoms with E-state index in [9.17, 15) is 4.39 Å².